The average molecular weight is 393 g/mol. The van der Waals surface area contributed by atoms with Crippen molar-refractivity contribution >= 4 is 11.8 Å². The Hall–Kier alpha value is -2.97. The molecule has 150 valence electrons. The van der Waals surface area contributed by atoms with Gasteiger partial charge in [0, 0.05) is 25.8 Å². The fourth-order valence-electron chi connectivity index (χ4n) is 2.88. The summed E-state index contributed by atoms with van der Waals surface area (Å²) < 4.78 is 40.3. The van der Waals surface area contributed by atoms with Gasteiger partial charge in [0.25, 0.3) is 0 Å². The molecule has 1 saturated heterocycles. The van der Waals surface area contributed by atoms with Crippen LogP contribution in [0.25, 0.3) is 0 Å². The summed E-state index contributed by atoms with van der Waals surface area (Å²) in [5, 5.41) is 2.93. The maximum atomic E-state index is 12.1. The van der Waals surface area contributed by atoms with E-state index in [1.807, 2.05) is 12.1 Å². The molecule has 9 heteroatoms. The van der Waals surface area contributed by atoms with Gasteiger partial charge in [-0.25, -0.2) is 9.98 Å². The molecule has 1 aliphatic heterocycles. The molecule has 2 heterocycles. The van der Waals surface area contributed by atoms with Crippen molar-refractivity contribution in [2.45, 2.75) is 32.3 Å². The Labute approximate surface area is 161 Å². The molecule has 2 aromatic rings. The predicted octanol–water partition coefficient (Wildman–Crippen LogP) is 3.18. The van der Waals surface area contributed by atoms with Crippen LogP contribution in [-0.2, 0) is 13.1 Å². The van der Waals surface area contributed by atoms with Crippen molar-refractivity contribution < 1.29 is 17.9 Å². The number of hydrogen-bond acceptors (Lipinski definition) is 4. The molecule has 0 bridgehead atoms. The van der Waals surface area contributed by atoms with Crippen molar-refractivity contribution in [1.82, 2.24) is 10.3 Å². The molecule has 0 spiro atoms. The number of anilines is 1. The van der Waals surface area contributed by atoms with Gasteiger partial charge in [-0.2, -0.15) is 0 Å². The first-order valence-electron chi connectivity index (χ1n) is 8.97. The van der Waals surface area contributed by atoms with Gasteiger partial charge >= 0.3 is 6.36 Å². The molecule has 0 atom stereocenters. The highest BCUT2D eigenvalue weighted by Gasteiger charge is 2.30. The van der Waals surface area contributed by atoms with Gasteiger partial charge in [0.2, 0.25) is 0 Å². The molecule has 6 nitrogen and oxygen atoms in total. The number of rotatable bonds is 6. The molecule has 3 rings (SSSR count). The van der Waals surface area contributed by atoms with E-state index in [0.717, 1.165) is 30.0 Å². The summed E-state index contributed by atoms with van der Waals surface area (Å²) in [5.41, 5.74) is 7.55. The highest BCUT2D eigenvalue weighted by molar-refractivity contribution is 5.77. The summed E-state index contributed by atoms with van der Waals surface area (Å²) in [5.74, 6) is 0.969. The van der Waals surface area contributed by atoms with Crippen LogP contribution in [0.3, 0.4) is 0 Å². The van der Waals surface area contributed by atoms with Crippen LogP contribution in [0.2, 0.25) is 0 Å². The minimum Gasteiger partial charge on any atom is -0.406 e. The zero-order valence-corrected chi connectivity index (χ0v) is 15.2. The Bertz CT molecular complexity index is 785. The average Bonchev–Trinajstić information content (AvgIpc) is 3.20. The number of alkyl halides is 3. The summed E-state index contributed by atoms with van der Waals surface area (Å²) in [7, 11) is 0. The quantitative estimate of drug-likeness (QED) is 0.582. The fraction of sp³-hybridized carbons (Fsp3) is 0.368. The third-order valence-electron chi connectivity index (χ3n) is 4.30. The van der Waals surface area contributed by atoms with Gasteiger partial charge in [0.1, 0.15) is 11.6 Å². The van der Waals surface area contributed by atoms with Crippen LogP contribution in [0.15, 0.2) is 47.6 Å². The summed E-state index contributed by atoms with van der Waals surface area (Å²) in [6.45, 7) is 2.83. The molecule has 28 heavy (non-hydrogen) atoms. The van der Waals surface area contributed by atoms with E-state index < -0.39 is 6.36 Å². The summed E-state index contributed by atoms with van der Waals surface area (Å²) >= 11 is 0. The van der Waals surface area contributed by atoms with Crippen molar-refractivity contribution in [2.24, 2.45) is 10.7 Å². The first-order valence-corrected chi connectivity index (χ1v) is 8.97. The Kier molecular flexibility index (Phi) is 6.23. The number of aromatic nitrogens is 1. The van der Waals surface area contributed by atoms with Gasteiger partial charge in [0.05, 0.1) is 6.54 Å². The highest BCUT2D eigenvalue weighted by atomic mass is 19.4. The number of ether oxygens (including phenoxy) is 1. The van der Waals surface area contributed by atoms with E-state index in [1.165, 1.54) is 37.1 Å². The van der Waals surface area contributed by atoms with Crippen molar-refractivity contribution in [3.63, 3.8) is 0 Å². The number of nitrogens with one attached hydrogen (secondary N) is 1. The molecular weight excluding hydrogens is 371 g/mol. The zero-order chi connectivity index (χ0) is 20.0. The number of halogens is 3. The molecule has 1 fully saturated rings. The molecule has 0 radical (unpaired) electrons. The van der Waals surface area contributed by atoms with Gasteiger partial charge in [-0.1, -0.05) is 18.2 Å². The molecule has 1 aromatic heterocycles. The van der Waals surface area contributed by atoms with Crippen LogP contribution in [0, 0.1) is 0 Å². The van der Waals surface area contributed by atoms with E-state index in [9.17, 15) is 13.2 Å². The lowest BCUT2D eigenvalue weighted by Gasteiger charge is -2.16. The standard InChI is InChI=1S/C19H22F3N5O/c20-19(21,22)28-16-6-3-14(4-7-16)11-25-18(23)26-13-15-5-8-17(24-12-15)27-9-1-2-10-27/h3-8,12H,1-2,9-11,13H2,(H3,23,25,26). The Balaban J connectivity index is 1.46. The van der Waals surface area contributed by atoms with Gasteiger partial charge in [0.15, 0.2) is 5.96 Å². The van der Waals surface area contributed by atoms with Crippen LogP contribution in [-0.4, -0.2) is 30.4 Å². The van der Waals surface area contributed by atoms with Crippen LogP contribution in [0.1, 0.15) is 24.0 Å². The minimum atomic E-state index is -4.70. The van der Waals surface area contributed by atoms with Gasteiger partial charge in [-0.3, -0.25) is 0 Å². The van der Waals surface area contributed by atoms with E-state index in [-0.39, 0.29) is 11.7 Å². The second-order valence-corrected chi connectivity index (χ2v) is 6.47. The number of benzene rings is 1. The molecular formula is C19H22F3N5O. The normalized spacial score (nSPS) is 15.0. The molecule has 0 aliphatic carbocycles. The van der Waals surface area contributed by atoms with E-state index in [2.05, 4.69) is 24.9 Å². The smallest absolute Gasteiger partial charge is 0.406 e. The minimum absolute atomic E-state index is 0.249. The lowest BCUT2D eigenvalue weighted by atomic mass is 10.2. The van der Waals surface area contributed by atoms with Crippen LogP contribution < -0.4 is 20.7 Å². The third kappa shape index (κ3) is 6.04. The van der Waals surface area contributed by atoms with E-state index in [1.54, 1.807) is 6.20 Å². The first kappa shape index (κ1) is 19.8. The highest BCUT2D eigenvalue weighted by Crippen LogP contribution is 2.22. The number of nitrogens with zero attached hydrogens (tertiary/aromatic N) is 3. The molecule has 1 aliphatic rings. The Morgan fingerprint density at radius 1 is 1.11 bits per heavy atom. The summed E-state index contributed by atoms with van der Waals surface area (Å²) in [4.78, 5) is 11.0. The van der Waals surface area contributed by atoms with E-state index >= 15 is 0 Å². The number of guanidine groups is 1. The second kappa shape index (κ2) is 8.81. The lowest BCUT2D eigenvalue weighted by molar-refractivity contribution is -0.274. The van der Waals surface area contributed by atoms with Crippen molar-refractivity contribution in [3.8, 4) is 5.75 Å². The zero-order valence-electron chi connectivity index (χ0n) is 15.2. The molecule has 0 unspecified atom stereocenters. The summed E-state index contributed by atoms with van der Waals surface area (Å²) in [6.07, 6.45) is -0.496. The van der Waals surface area contributed by atoms with E-state index in [0.29, 0.717) is 13.1 Å². The lowest BCUT2D eigenvalue weighted by Crippen LogP contribution is -2.31. The maximum Gasteiger partial charge on any atom is 0.573 e. The van der Waals surface area contributed by atoms with Crippen LogP contribution in [0.4, 0.5) is 19.0 Å². The van der Waals surface area contributed by atoms with Crippen LogP contribution in [0.5, 0.6) is 5.75 Å². The molecule has 0 saturated carbocycles. The summed E-state index contributed by atoms with van der Waals surface area (Å²) in [6, 6.07) is 9.54. The second-order valence-electron chi connectivity index (χ2n) is 6.47. The van der Waals surface area contributed by atoms with E-state index in [4.69, 9.17) is 5.73 Å². The first-order chi connectivity index (χ1) is 13.4. The SMILES string of the molecule is NC(=NCc1ccc(N2CCCC2)nc1)NCc1ccc(OC(F)(F)F)cc1. The number of nitrogens with two attached hydrogens (primary N) is 1. The number of aliphatic imine (C=N–C) groups is 1. The Morgan fingerprint density at radius 2 is 1.79 bits per heavy atom. The third-order valence-corrected chi connectivity index (χ3v) is 4.30. The van der Waals surface area contributed by atoms with Crippen LogP contribution >= 0.6 is 0 Å². The topological polar surface area (TPSA) is 75.8 Å². The van der Waals surface area contributed by atoms with Gasteiger partial charge < -0.3 is 20.7 Å². The molecule has 3 N–H and O–H groups in total. The number of pyridine rings is 1. The number of hydrogen-bond donors (Lipinski definition) is 2. The monoisotopic (exact) mass is 393 g/mol. The van der Waals surface area contributed by atoms with Crippen molar-refractivity contribution in [1.29, 1.82) is 0 Å². The van der Waals surface area contributed by atoms with Crippen molar-refractivity contribution in [3.05, 3.63) is 53.7 Å². The van der Waals surface area contributed by atoms with Crippen molar-refractivity contribution in [2.75, 3.05) is 18.0 Å². The molecule has 1 aromatic carbocycles. The maximum absolute atomic E-state index is 12.1. The van der Waals surface area contributed by atoms with Gasteiger partial charge in [-0.15, -0.1) is 13.2 Å². The Morgan fingerprint density at radius 3 is 2.39 bits per heavy atom. The largest absolute Gasteiger partial charge is 0.573 e. The molecule has 0 amide bonds. The van der Waals surface area contributed by atoms with Gasteiger partial charge in [-0.05, 0) is 42.2 Å². The predicted molar refractivity (Wildman–Crippen MR) is 101 cm³/mol. The fourth-order valence-corrected chi connectivity index (χ4v) is 2.88.